The fraction of sp³-hybridized carbons (Fsp3) is 0.571. The second-order valence-electron chi connectivity index (χ2n) is 4.81. The van der Waals surface area contributed by atoms with Gasteiger partial charge >= 0.3 is 0 Å². The van der Waals surface area contributed by atoms with Gasteiger partial charge in [-0.1, -0.05) is 6.92 Å². The van der Waals surface area contributed by atoms with Gasteiger partial charge < -0.3 is 10.6 Å². The van der Waals surface area contributed by atoms with Crippen LogP contribution < -0.4 is 10.6 Å². The Bertz CT molecular complexity index is 435. The fourth-order valence-electron chi connectivity index (χ4n) is 2.57. The van der Waals surface area contributed by atoms with Crippen LogP contribution in [0.4, 0.5) is 5.69 Å². The Labute approximate surface area is 114 Å². The number of carbonyl (C=O) groups excluding carboxylic acids is 1. The van der Waals surface area contributed by atoms with Crippen molar-refractivity contribution in [1.82, 2.24) is 15.2 Å². The average molecular weight is 262 g/mol. The molecule has 1 aliphatic heterocycles. The van der Waals surface area contributed by atoms with Crippen molar-refractivity contribution < 1.29 is 4.79 Å². The molecule has 19 heavy (non-hydrogen) atoms. The van der Waals surface area contributed by atoms with Gasteiger partial charge in [0.15, 0.2) is 0 Å². The number of likely N-dealkylation sites (N-methyl/N-ethyl adjacent to an activating group) is 1. The predicted molar refractivity (Wildman–Crippen MR) is 76.4 cm³/mol. The van der Waals surface area contributed by atoms with Gasteiger partial charge in [0.2, 0.25) is 0 Å². The molecule has 1 aromatic heterocycles. The molecule has 1 fully saturated rings. The maximum Gasteiger partial charge on any atom is 0.269 e. The van der Waals surface area contributed by atoms with Crippen LogP contribution >= 0.6 is 0 Å². The summed E-state index contributed by atoms with van der Waals surface area (Å²) in [7, 11) is 1.61. The first-order chi connectivity index (χ1) is 9.24. The highest BCUT2D eigenvalue weighted by Gasteiger charge is 2.22. The topological polar surface area (TPSA) is 57.3 Å². The number of anilines is 1. The lowest BCUT2D eigenvalue weighted by atomic mass is 10.2. The molecule has 2 heterocycles. The van der Waals surface area contributed by atoms with Crippen LogP contribution in [0, 0.1) is 0 Å². The van der Waals surface area contributed by atoms with Crippen molar-refractivity contribution in [2.45, 2.75) is 25.8 Å². The van der Waals surface area contributed by atoms with Gasteiger partial charge in [0.1, 0.15) is 5.69 Å². The Morgan fingerprint density at radius 3 is 3.16 bits per heavy atom. The lowest BCUT2D eigenvalue weighted by Crippen LogP contribution is -2.34. The zero-order valence-corrected chi connectivity index (χ0v) is 11.6. The smallest absolute Gasteiger partial charge is 0.269 e. The molecule has 0 bridgehead atoms. The van der Waals surface area contributed by atoms with Crippen molar-refractivity contribution >= 4 is 11.6 Å². The largest absolute Gasteiger partial charge is 0.383 e. The maximum atomic E-state index is 11.5. The number of hydrogen-bond donors (Lipinski definition) is 2. The van der Waals surface area contributed by atoms with Gasteiger partial charge in [0.05, 0.1) is 0 Å². The Morgan fingerprint density at radius 2 is 2.42 bits per heavy atom. The van der Waals surface area contributed by atoms with Crippen LogP contribution in [0.2, 0.25) is 0 Å². The van der Waals surface area contributed by atoms with Crippen LogP contribution in [0.5, 0.6) is 0 Å². The summed E-state index contributed by atoms with van der Waals surface area (Å²) in [6, 6.07) is 4.29. The van der Waals surface area contributed by atoms with E-state index in [9.17, 15) is 4.79 Å². The van der Waals surface area contributed by atoms with E-state index >= 15 is 0 Å². The van der Waals surface area contributed by atoms with Crippen LogP contribution in [0.1, 0.15) is 30.3 Å². The number of rotatable bonds is 5. The zero-order valence-electron chi connectivity index (χ0n) is 11.6. The van der Waals surface area contributed by atoms with E-state index in [2.05, 4.69) is 27.4 Å². The molecule has 2 N–H and O–H groups in total. The van der Waals surface area contributed by atoms with E-state index in [-0.39, 0.29) is 5.91 Å². The molecule has 2 rings (SSSR count). The molecule has 0 saturated carbocycles. The summed E-state index contributed by atoms with van der Waals surface area (Å²) in [4.78, 5) is 18.1. The average Bonchev–Trinajstić information content (AvgIpc) is 2.92. The minimum atomic E-state index is -0.153. The molecule has 1 aliphatic rings. The van der Waals surface area contributed by atoms with Gasteiger partial charge in [0.25, 0.3) is 5.91 Å². The van der Waals surface area contributed by atoms with Crippen molar-refractivity contribution in [1.29, 1.82) is 0 Å². The highest BCUT2D eigenvalue weighted by Crippen LogP contribution is 2.17. The number of amides is 1. The molecule has 5 heteroatoms. The molecule has 5 nitrogen and oxygen atoms in total. The van der Waals surface area contributed by atoms with Crippen molar-refractivity contribution in [3.05, 3.63) is 24.0 Å². The Morgan fingerprint density at radius 1 is 1.58 bits per heavy atom. The minimum absolute atomic E-state index is 0.153. The number of nitrogens with zero attached hydrogens (tertiary/aromatic N) is 2. The molecule has 1 saturated heterocycles. The monoisotopic (exact) mass is 262 g/mol. The lowest BCUT2D eigenvalue weighted by molar-refractivity contribution is 0.0958. The fourth-order valence-corrected chi connectivity index (χ4v) is 2.57. The number of likely N-dealkylation sites (tertiary alicyclic amines) is 1. The summed E-state index contributed by atoms with van der Waals surface area (Å²) in [5, 5.41) is 5.99. The van der Waals surface area contributed by atoms with Gasteiger partial charge in [-0.2, -0.15) is 0 Å². The van der Waals surface area contributed by atoms with E-state index < -0.39 is 0 Å². The number of nitrogens with one attached hydrogen (secondary N) is 2. The normalized spacial score (nSPS) is 19.4. The second-order valence-corrected chi connectivity index (χ2v) is 4.81. The Balaban J connectivity index is 1.94. The quantitative estimate of drug-likeness (QED) is 0.840. The van der Waals surface area contributed by atoms with Crippen LogP contribution in [0.15, 0.2) is 18.3 Å². The summed E-state index contributed by atoms with van der Waals surface area (Å²) in [6.45, 7) is 5.42. The van der Waals surface area contributed by atoms with Gasteiger partial charge in [0, 0.05) is 31.5 Å². The molecule has 1 atom stereocenters. The molecule has 0 radical (unpaired) electrons. The molecule has 0 aromatic carbocycles. The van der Waals surface area contributed by atoms with E-state index in [0.717, 1.165) is 18.8 Å². The van der Waals surface area contributed by atoms with Crippen molar-refractivity contribution in [2.24, 2.45) is 0 Å². The summed E-state index contributed by atoms with van der Waals surface area (Å²) in [5.74, 6) is -0.153. The SMILES string of the molecule is CCN1CCCC1CNc1ccnc(C(=O)NC)c1. The molecular formula is C14H22N4O. The third-order valence-corrected chi connectivity index (χ3v) is 3.67. The molecule has 1 aromatic rings. The summed E-state index contributed by atoms with van der Waals surface area (Å²) in [5.41, 5.74) is 1.41. The van der Waals surface area contributed by atoms with Crippen molar-refractivity contribution in [3.8, 4) is 0 Å². The van der Waals surface area contributed by atoms with Crippen LogP contribution in [-0.2, 0) is 0 Å². The molecular weight excluding hydrogens is 240 g/mol. The second kappa shape index (κ2) is 6.52. The molecule has 0 aliphatic carbocycles. The van der Waals surface area contributed by atoms with Gasteiger partial charge in [-0.05, 0) is 38.1 Å². The van der Waals surface area contributed by atoms with E-state index in [0.29, 0.717) is 11.7 Å². The first-order valence-electron chi connectivity index (χ1n) is 6.90. The Kier molecular flexibility index (Phi) is 4.74. The number of pyridine rings is 1. The number of carbonyl (C=O) groups is 1. The first-order valence-corrected chi connectivity index (χ1v) is 6.90. The summed E-state index contributed by atoms with van der Waals surface area (Å²) < 4.78 is 0. The molecule has 1 unspecified atom stereocenters. The zero-order chi connectivity index (χ0) is 13.7. The number of hydrogen-bond acceptors (Lipinski definition) is 4. The van der Waals surface area contributed by atoms with Crippen molar-refractivity contribution in [2.75, 3.05) is 32.0 Å². The van der Waals surface area contributed by atoms with Gasteiger partial charge in [-0.3, -0.25) is 14.7 Å². The van der Waals surface area contributed by atoms with E-state index in [1.807, 2.05) is 6.07 Å². The van der Waals surface area contributed by atoms with Crippen LogP contribution in [0.3, 0.4) is 0 Å². The molecule has 0 spiro atoms. The third-order valence-electron chi connectivity index (χ3n) is 3.67. The van der Waals surface area contributed by atoms with Crippen molar-refractivity contribution in [3.63, 3.8) is 0 Å². The number of aromatic nitrogens is 1. The minimum Gasteiger partial charge on any atom is -0.383 e. The third kappa shape index (κ3) is 3.44. The highest BCUT2D eigenvalue weighted by molar-refractivity contribution is 5.92. The van der Waals surface area contributed by atoms with Crippen LogP contribution in [-0.4, -0.2) is 48.5 Å². The lowest BCUT2D eigenvalue weighted by Gasteiger charge is -2.23. The van der Waals surface area contributed by atoms with Crippen LogP contribution in [0.25, 0.3) is 0 Å². The van der Waals surface area contributed by atoms with E-state index in [1.54, 1.807) is 19.3 Å². The summed E-state index contributed by atoms with van der Waals surface area (Å²) in [6.07, 6.45) is 4.19. The van der Waals surface area contributed by atoms with Gasteiger partial charge in [-0.25, -0.2) is 0 Å². The summed E-state index contributed by atoms with van der Waals surface area (Å²) >= 11 is 0. The molecule has 1 amide bonds. The Hall–Kier alpha value is -1.62. The predicted octanol–water partition coefficient (Wildman–Crippen LogP) is 1.34. The maximum absolute atomic E-state index is 11.5. The van der Waals surface area contributed by atoms with Gasteiger partial charge in [-0.15, -0.1) is 0 Å². The standard InChI is InChI=1S/C14H22N4O/c1-3-18-8-4-5-12(18)10-17-11-6-7-16-13(9-11)14(19)15-2/h6-7,9,12H,3-5,8,10H2,1-2H3,(H,15,19)(H,16,17). The molecule has 104 valence electrons. The van der Waals surface area contributed by atoms with E-state index in [1.165, 1.54) is 19.4 Å². The van der Waals surface area contributed by atoms with E-state index in [4.69, 9.17) is 0 Å². The first kappa shape index (κ1) is 13.8. The highest BCUT2D eigenvalue weighted by atomic mass is 16.1.